The van der Waals surface area contributed by atoms with E-state index in [4.69, 9.17) is 11.6 Å². The maximum Gasteiger partial charge on any atom is 0.0404 e. The van der Waals surface area contributed by atoms with E-state index in [1.54, 1.807) is 0 Å². The van der Waals surface area contributed by atoms with Crippen molar-refractivity contribution in [2.45, 2.75) is 13.0 Å². The van der Waals surface area contributed by atoms with Gasteiger partial charge in [-0.15, -0.1) is 11.6 Å². The zero-order chi connectivity index (χ0) is 11.1. The Bertz CT molecular complexity index is 325. The summed E-state index contributed by atoms with van der Waals surface area (Å²) in [7, 11) is 0. The molecule has 0 spiro atoms. The van der Waals surface area contributed by atoms with Crippen molar-refractivity contribution in [1.29, 1.82) is 0 Å². The summed E-state index contributed by atoms with van der Waals surface area (Å²) in [6.07, 6.45) is 3.99. The highest BCUT2D eigenvalue weighted by Gasteiger charge is 2.06. The smallest absolute Gasteiger partial charge is 0.0404 e. The zero-order valence-electron chi connectivity index (χ0n) is 8.71. The van der Waals surface area contributed by atoms with Crippen LogP contribution >= 0.6 is 27.5 Å². The van der Waals surface area contributed by atoms with Crippen LogP contribution in [-0.2, 0) is 0 Å². The second-order valence-electron chi connectivity index (χ2n) is 3.28. The van der Waals surface area contributed by atoms with E-state index in [-0.39, 0.29) is 0 Å². The van der Waals surface area contributed by atoms with Crippen molar-refractivity contribution in [3.63, 3.8) is 0 Å². The van der Waals surface area contributed by atoms with Crippen LogP contribution in [0.25, 0.3) is 0 Å². The fourth-order valence-electron chi connectivity index (χ4n) is 1.33. The maximum absolute atomic E-state index is 5.54. The van der Waals surface area contributed by atoms with Gasteiger partial charge in [-0.05, 0) is 18.6 Å². The number of allylic oxidation sites excluding steroid dienone is 1. The van der Waals surface area contributed by atoms with Crippen LogP contribution < -0.4 is 5.32 Å². The summed E-state index contributed by atoms with van der Waals surface area (Å²) < 4.78 is 1.14. The highest BCUT2D eigenvalue weighted by atomic mass is 79.9. The van der Waals surface area contributed by atoms with Crippen LogP contribution in [0.4, 0.5) is 0 Å². The molecular weight excluding hydrogens is 273 g/mol. The molecule has 1 nitrogen and oxygen atoms in total. The Morgan fingerprint density at radius 1 is 1.40 bits per heavy atom. The van der Waals surface area contributed by atoms with Crippen molar-refractivity contribution in [1.82, 2.24) is 5.32 Å². The highest BCUT2D eigenvalue weighted by Crippen LogP contribution is 2.22. The van der Waals surface area contributed by atoms with Gasteiger partial charge in [0.1, 0.15) is 0 Å². The van der Waals surface area contributed by atoms with E-state index in [1.165, 1.54) is 5.56 Å². The molecule has 0 fully saturated rings. The molecular formula is C12H15BrClN. The first-order valence-electron chi connectivity index (χ1n) is 4.94. The minimum atomic E-state index is 0.334. The standard InChI is InChI=1S/C12H15BrClN/c1-10(15-9-5-4-8-14)11-6-2-3-7-12(11)13/h2-7,10,15H,8-9H2,1H3/b5-4+/t10-/m1/s1. The van der Waals surface area contributed by atoms with E-state index in [1.807, 2.05) is 24.3 Å². The molecule has 1 aromatic rings. The minimum absolute atomic E-state index is 0.334. The largest absolute Gasteiger partial charge is 0.307 e. The summed E-state index contributed by atoms with van der Waals surface area (Å²) >= 11 is 9.08. The van der Waals surface area contributed by atoms with Crippen LogP contribution in [0.1, 0.15) is 18.5 Å². The van der Waals surface area contributed by atoms with Crippen LogP contribution in [0.15, 0.2) is 40.9 Å². The van der Waals surface area contributed by atoms with Crippen LogP contribution in [-0.4, -0.2) is 12.4 Å². The lowest BCUT2D eigenvalue weighted by atomic mass is 10.1. The van der Waals surface area contributed by atoms with Crippen molar-refractivity contribution in [2.24, 2.45) is 0 Å². The molecule has 15 heavy (non-hydrogen) atoms. The van der Waals surface area contributed by atoms with Crippen LogP contribution in [0.5, 0.6) is 0 Å². The Morgan fingerprint density at radius 2 is 2.13 bits per heavy atom. The summed E-state index contributed by atoms with van der Waals surface area (Å²) in [6, 6.07) is 8.58. The molecule has 0 heterocycles. The third-order valence-corrected chi connectivity index (χ3v) is 3.07. The monoisotopic (exact) mass is 287 g/mol. The number of benzene rings is 1. The van der Waals surface area contributed by atoms with Gasteiger partial charge in [0.15, 0.2) is 0 Å². The summed E-state index contributed by atoms with van der Waals surface area (Å²) in [6.45, 7) is 2.99. The average molecular weight is 289 g/mol. The van der Waals surface area contributed by atoms with E-state index in [0.29, 0.717) is 11.9 Å². The number of alkyl halides is 1. The van der Waals surface area contributed by atoms with Crippen molar-refractivity contribution < 1.29 is 0 Å². The normalized spacial score (nSPS) is 13.3. The van der Waals surface area contributed by atoms with E-state index in [2.05, 4.69) is 40.3 Å². The number of hydrogen-bond donors (Lipinski definition) is 1. The Kier molecular flexibility index (Phi) is 5.99. The fourth-order valence-corrected chi connectivity index (χ4v) is 2.08. The zero-order valence-corrected chi connectivity index (χ0v) is 11.1. The molecule has 0 amide bonds. The summed E-state index contributed by atoms with van der Waals surface area (Å²) in [4.78, 5) is 0. The van der Waals surface area contributed by atoms with Gasteiger partial charge in [0.25, 0.3) is 0 Å². The lowest BCUT2D eigenvalue weighted by Gasteiger charge is -2.14. The van der Waals surface area contributed by atoms with Gasteiger partial charge >= 0.3 is 0 Å². The summed E-state index contributed by atoms with van der Waals surface area (Å²) in [5.74, 6) is 0.574. The van der Waals surface area contributed by atoms with Crippen molar-refractivity contribution >= 4 is 27.5 Å². The Hall–Kier alpha value is -0.310. The average Bonchev–Trinajstić information content (AvgIpc) is 2.25. The van der Waals surface area contributed by atoms with Gasteiger partial charge in [-0.1, -0.05) is 46.3 Å². The molecule has 0 aliphatic heterocycles. The van der Waals surface area contributed by atoms with Crippen molar-refractivity contribution in [2.75, 3.05) is 12.4 Å². The molecule has 0 aliphatic carbocycles. The van der Waals surface area contributed by atoms with Crippen LogP contribution in [0.3, 0.4) is 0 Å². The van der Waals surface area contributed by atoms with Gasteiger partial charge in [-0.3, -0.25) is 0 Å². The lowest BCUT2D eigenvalue weighted by Crippen LogP contribution is -2.18. The van der Waals surface area contributed by atoms with Gasteiger partial charge in [-0.2, -0.15) is 0 Å². The number of hydrogen-bond acceptors (Lipinski definition) is 1. The summed E-state index contributed by atoms with van der Waals surface area (Å²) in [5.41, 5.74) is 1.27. The van der Waals surface area contributed by atoms with Crippen molar-refractivity contribution in [3.8, 4) is 0 Å². The van der Waals surface area contributed by atoms with Crippen molar-refractivity contribution in [3.05, 3.63) is 46.5 Å². The highest BCUT2D eigenvalue weighted by molar-refractivity contribution is 9.10. The molecule has 0 saturated carbocycles. The Labute approximate surface area is 105 Å². The molecule has 0 aromatic heterocycles. The van der Waals surface area contributed by atoms with E-state index in [0.717, 1.165) is 11.0 Å². The molecule has 1 atom stereocenters. The number of rotatable bonds is 5. The molecule has 1 rings (SSSR count). The maximum atomic E-state index is 5.54. The first-order chi connectivity index (χ1) is 7.25. The Balaban J connectivity index is 2.50. The van der Waals surface area contributed by atoms with Gasteiger partial charge in [0.05, 0.1) is 0 Å². The van der Waals surface area contributed by atoms with Gasteiger partial charge in [0.2, 0.25) is 0 Å². The minimum Gasteiger partial charge on any atom is -0.307 e. The SMILES string of the molecule is C[C@@H](NC/C=C/CCl)c1ccccc1Br. The van der Waals surface area contributed by atoms with E-state index >= 15 is 0 Å². The molecule has 1 N–H and O–H groups in total. The summed E-state index contributed by atoms with van der Waals surface area (Å²) in [5, 5.41) is 3.40. The van der Waals surface area contributed by atoms with E-state index < -0.39 is 0 Å². The molecule has 3 heteroatoms. The molecule has 82 valence electrons. The van der Waals surface area contributed by atoms with Gasteiger partial charge < -0.3 is 5.32 Å². The molecule has 0 radical (unpaired) electrons. The molecule has 0 aliphatic rings. The molecule has 1 aromatic carbocycles. The first-order valence-corrected chi connectivity index (χ1v) is 6.27. The fraction of sp³-hybridized carbons (Fsp3) is 0.333. The lowest BCUT2D eigenvalue weighted by molar-refractivity contribution is 0.615. The van der Waals surface area contributed by atoms with Crippen LogP contribution in [0, 0.1) is 0 Å². The first kappa shape index (κ1) is 12.8. The molecule has 0 bridgehead atoms. The van der Waals surface area contributed by atoms with Gasteiger partial charge in [-0.25, -0.2) is 0 Å². The van der Waals surface area contributed by atoms with Crippen LogP contribution in [0.2, 0.25) is 0 Å². The predicted octanol–water partition coefficient (Wildman–Crippen LogP) is 3.89. The topological polar surface area (TPSA) is 12.0 Å². The second-order valence-corrected chi connectivity index (χ2v) is 4.44. The third kappa shape index (κ3) is 4.37. The van der Waals surface area contributed by atoms with Gasteiger partial charge in [0, 0.05) is 22.9 Å². The number of halogens is 2. The molecule has 0 saturated heterocycles. The number of nitrogens with one attached hydrogen (secondary N) is 1. The molecule has 0 unspecified atom stereocenters. The quantitative estimate of drug-likeness (QED) is 0.640. The second kappa shape index (κ2) is 7.04. The van der Waals surface area contributed by atoms with E-state index in [9.17, 15) is 0 Å². The predicted molar refractivity (Wildman–Crippen MR) is 70.4 cm³/mol. The Morgan fingerprint density at radius 3 is 2.80 bits per heavy atom. The third-order valence-electron chi connectivity index (χ3n) is 2.17.